The third-order valence-electron chi connectivity index (χ3n) is 6.96. The van der Waals surface area contributed by atoms with Crippen LogP contribution in [0.5, 0.6) is 0 Å². The molecule has 5 N–H and O–H groups in total. The first-order valence-electron chi connectivity index (χ1n) is 12.9. The smallest absolute Gasteiger partial charge is 0.246 e. The Balaban J connectivity index is 1.66. The lowest BCUT2D eigenvalue weighted by Gasteiger charge is -2.32. The summed E-state index contributed by atoms with van der Waals surface area (Å²) >= 11 is 0. The molecule has 2 aromatic rings. The molecule has 2 aliphatic rings. The van der Waals surface area contributed by atoms with Crippen LogP contribution in [0.4, 0.5) is 0 Å². The van der Waals surface area contributed by atoms with Crippen molar-refractivity contribution >= 4 is 29.5 Å². The van der Waals surface area contributed by atoms with E-state index < -0.39 is 47.8 Å². The minimum atomic E-state index is -1.12. The topological polar surface area (TPSA) is 151 Å². The Morgan fingerprint density at radius 3 is 1.89 bits per heavy atom. The minimum Gasteiger partial charge on any atom is -0.370 e. The van der Waals surface area contributed by atoms with Crippen LogP contribution in [-0.4, -0.2) is 65.1 Å². The van der Waals surface area contributed by atoms with Crippen LogP contribution in [0, 0.1) is 0 Å². The number of nitrogens with zero attached hydrogens (tertiary/aromatic N) is 1. The second-order valence-electron chi connectivity index (χ2n) is 9.76. The van der Waals surface area contributed by atoms with Gasteiger partial charge >= 0.3 is 0 Å². The summed E-state index contributed by atoms with van der Waals surface area (Å²) in [7, 11) is 0. The number of benzene rings is 2. The molecule has 0 radical (unpaired) electrons. The molecule has 4 atom stereocenters. The van der Waals surface area contributed by atoms with Gasteiger partial charge in [0.2, 0.25) is 29.5 Å². The maximum Gasteiger partial charge on any atom is 0.246 e. The number of carbonyl (C=O) groups excluding carboxylic acids is 5. The fourth-order valence-electron chi connectivity index (χ4n) is 4.98. The third-order valence-corrected chi connectivity index (χ3v) is 6.96. The Kier molecular flexibility index (Phi) is 8.73. The van der Waals surface area contributed by atoms with Gasteiger partial charge in [-0.15, -0.1) is 0 Å². The predicted octanol–water partition coefficient (Wildman–Crippen LogP) is 0.196. The lowest BCUT2D eigenvalue weighted by atomic mass is 10.0. The number of nitrogens with two attached hydrogens (primary N) is 1. The number of primary amides is 1. The number of amides is 5. The first-order chi connectivity index (χ1) is 18.3. The van der Waals surface area contributed by atoms with E-state index in [2.05, 4.69) is 16.0 Å². The zero-order valence-corrected chi connectivity index (χ0v) is 21.1. The van der Waals surface area contributed by atoms with Crippen LogP contribution in [0.1, 0.15) is 36.8 Å². The molecule has 2 aliphatic heterocycles. The van der Waals surface area contributed by atoms with Crippen molar-refractivity contribution in [2.75, 3.05) is 6.54 Å². The molecular formula is C28H33N5O5. The van der Waals surface area contributed by atoms with Crippen molar-refractivity contribution in [3.05, 3.63) is 71.8 Å². The van der Waals surface area contributed by atoms with Gasteiger partial charge in [-0.25, -0.2) is 0 Å². The Bertz CT molecular complexity index is 1170. The van der Waals surface area contributed by atoms with Gasteiger partial charge in [-0.1, -0.05) is 60.7 Å². The molecule has 0 saturated carbocycles. The van der Waals surface area contributed by atoms with Gasteiger partial charge in [-0.2, -0.15) is 0 Å². The molecule has 10 nitrogen and oxygen atoms in total. The summed E-state index contributed by atoms with van der Waals surface area (Å²) in [5, 5.41) is 8.30. The van der Waals surface area contributed by atoms with Crippen LogP contribution >= 0.6 is 0 Å². The second kappa shape index (κ2) is 12.4. The lowest BCUT2D eigenvalue weighted by molar-refractivity contribution is -0.143. The predicted molar refractivity (Wildman–Crippen MR) is 139 cm³/mol. The maximum absolute atomic E-state index is 13.7. The number of carbonyl (C=O) groups is 5. The first-order valence-corrected chi connectivity index (χ1v) is 12.9. The highest BCUT2D eigenvalue weighted by Crippen LogP contribution is 2.21. The molecule has 0 bridgehead atoms. The largest absolute Gasteiger partial charge is 0.370 e. The fraction of sp³-hybridized carbons (Fsp3) is 0.393. The van der Waals surface area contributed by atoms with Crippen LogP contribution in [0.15, 0.2) is 60.7 Å². The number of rotatable bonds is 7. The van der Waals surface area contributed by atoms with Crippen LogP contribution in [0.25, 0.3) is 0 Å². The average molecular weight is 520 g/mol. The highest BCUT2D eigenvalue weighted by molar-refractivity contribution is 5.98. The standard InChI is InChI=1S/C28H33N5O5/c29-24(34)14-13-20-25(35)32-22(17-19-10-5-2-6-11-19)28(38)33-15-7-12-23(33)27(37)31-21(26(36)30-20)16-18-8-3-1-4-9-18/h1-6,8-11,20-23H,7,12-17H2,(H2,29,34)(H,30,36)(H,31,37)(H,32,35)/t20-,21+,22+,23-/m1/s1. The molecule has 38 heavy (non-hydrogen) atoms. The summed E-state index contributed by atoms with van der Waals surface area (Å²) in [6, 6.07) is 14.6. The van der Waals surface area contributed by atoms with E-state index in [1.807, 2.05) is 60.7 Å². The number of nitrogens with one attached hydrogen (secondary N) is 3. The van der Waals surface area contributed by atoms with Crippen molar-refractivity contribution in [3.8, 4) is 0 Å². The third kappa shape index (κ3) is 6.76. The van der Waals surface area contributed by atoms with E-state index in [1.54, 1.807) is 0 Å². The molecule has 200 valence electrons. The molecule has 2 heterocycles. The summed E-state index contributed by atoms with van der Waals surface area (Å²) in [5.74, 6) is -2.53. The minimum absolute atomic E-state index is 0.0441. The Labute approximate surface area is 221 Å². The van der Waals surface area contributed by atoms with Crippen LogP contribution in [0.2, 0.25) is 0 Å². The van der Waals surface area contributed by atoms with E-state index in [0.717, 1.165) is 11.1 Å². The van der Waals surface area contributed by atoms with Gasteiger partial charge in [-0.05, 0) is 30.4 Å². The summed E-state index contributed by atoms with van der Waals surface area (Å²) in [5.41, 5.74) is 6.97. The fourth-order valence-corrected chi connectivity index (χ4v) is 4.98. The monoisotopic (exact) mass is 519 g/mol. The zero-order valence-electron chi connectivity index (χ0n) is 21.1. The molecule has 0 spiro atoms. The summed E-state index contributed by atoms with van der Waals surface area (Å²) < 4.78 is 0. The van der Waals surface area contributed by atoms with Gasteiger partial charge < -0.3 is 26.6 Å². The summed E-state index contributed by atoms with van der Waals surface area (Å²) in [6.07, 6.45) is 1.32. The number of hydrogen-bond acceptors (Lipinski definition) is 5. The number of fused-ring (bicyclic) bond motifs is 1. The molecule has 0 unspecified atom stereocenters. The zero-order chi connectivity index (χ0) is 27.1. The van der Waals surface area contributed by atoms with Crippen molar-refractivity contribution in [3.63, 3.8) is 0 Å². The van der Waals surface area contributed by atoms with Crippen molar-refractivity contribution in [1.82, 2.24) is 20.9 Å². The Hall–Kier alpha value is -4.21. The molecule has 5 amide bonds. The van der Waals surface area contributed by atoms with Crippen molar-refractivity contribution in [2.24, 2.45) is 5.73 Å². The van der Waals surface area contributed by atoms with Crippen molar-refractivity contribution in [1.29, 1.82) is 0 Å². The quantitative estimate of drug-likeness (QED) is 0.412. The molecular weight excluding hydrogens is 486 g/mol. The van der Waals surface area contributed by atoms with Crippen molar-refractivity contribution < 1.29 is 24.0 Å². The molecule has 2 saturated heterocycles. The van der Waals surface area contributed by atoms with Gasteiger partial charge in [0.25, 0.3) is 0 Å². The molecule has 0 aromatic heterocycles. The normalized spacial score (nSPS) is 24.4. The van der Waals surface area contributed by atoms with Crippen LogP contribution in [0.3, 0.4) is 0 Å². The Morgan fingerprint density at radius 2 is 1.29 bits per heavy atom. The second-order valence-corrected chi connectivity index (χ2v) is 9.76. The van der Waals surface area contributed by atoms with Gasteiger partial charge in [0.1, 0.15) is 24.2 Å². The van der Waals surface area contributed by atoms with E-state index in [9.17, 15) is 24.0 Å². The molecule has 4 rings (SSSR count). The van der Waals surface area contributed by atoms with Crippen molar-refractivity contribution in [2.45, 2.75) is 62.7 Å². The summed E-state index contributed by atoms with van der Waals surface area (Å²) in [6.45, 7) is 0.374. The van der Waals surface area contributed by atoms with Gasteiger partial charge in [0, 0.05) is 25.8 Å². The molecule has 0 aliphatic carbocycles. The molecule has 2 aromatic carbocycles. The van der Waals surface area contributed by atoms with E-state index in [1.165, 1.54) is 4.90 Å². The van der Waals surface area contributed by atoms with E-state index in [4.69, 9.17) is 5.73 Å². The van der Waals surface area contributed by atoms with Gasteiger partial charge in [0.15, 0.2) is 0 Å². The van der Waals surface area contributed by atoms with Gasteiger partial charge in [-0.3, -0.25) is 24.0 Å². The molecule has 2 fully saturated rings. The van der Waals surface area contributed by atoms with E-state index in [-0.39, 0.29) is 31.6 Å². The van der Waals surface area contributed by atoms with E-state index >= 15 is 0 Å². The number of hydrogen-bond donors (Lipinski definition) is 4. The molecule has 10 heteroatoms. The van der Waals surface area contributed by atoms with E-state index in [0.29, 0.717) is 19.4 Å². The van der Waals surface area contributed by atoms with Gasteiger partial charge in [0.05, 0.1) is 0 Å². The lowest BCUT2D eigenvalue weighted by Crippen LogP contribution is -2.62. The first kappa shape index (κ1) is 26.8. The van der Waals surface area contributed by atoms with Crippen LogP contribution < -0.4 is 21.7 Å². The SMILES string of the molecule is NC(=O)CC[C@H]1NC(=O)[C@H](Cc2ccccc2)NC(=O)[C@H]2CCCN2C(=O)[C@H](Cc2ccccc2)NC1=O. The highest BCUT2D eigenvalue weighted by atomic mass is 16.2. The Morgan fingerprint density at radius 1 is 0.763 bits per heavy atom. The van der Waals surface area contributed by atoms with Crippen LogP contribution in [-0.2, 0) is 36.8 Å². The highest BCUT2D eigenvalue weighted by Gasteiger charge is 2.40. The summed E-state index contributed by atoms with van der Waals surface area (Å²) in [4.78, 5) is 66.9. The maximum atomic E-state index is 13.7. The average Bonchev–Trinajstić information content (AvgIpc) is 3.40.